The van der Waals surface area contributed by atoms with Crippen molar-refractivity contribution < 1.29 is 9.47 Å². The molecule has 0 aromatic heterocycles. The van der Waals surface area contributed by atoms with E-state index in [4.69, 9.17) is 15.2 Å². The topological polar surface area (TPSA) is 59.8 Å². The lowest BCUT2D eigenvalue weighted by molar-refractivity contribution is 0.0398. The lowest BCUT2D eigenvalue weighted by atomic mass is 10.2. The Morgan fingerprint density at radius 2 is 2.17 bits per heavy atom. The fourth-order valence-corrected chi connectivity index (χ4v) is 2.00. The van der Waals surface area contributed by atoms with Crippen LogP contribution < -0.4 is 15.8 Å². The zero-order valence-electron chi connectivity index (χ0n) is 10.8. The minimum atomic E-state index is 0.663. The maximum absolute atomic E-state index is 5.77. The molecule has 0 aliphatic carbocycles. The molecule has 3 N–H and O–H groups in total. The first-order valence-corrected chi connectivity index (χ1v) is 6.27. The molecule has 0 unspecified atom stereocenters. The van der Waals surface area contributed by atoms with Gasteiger partial charge < -0.3 is 20.5 Å². The first-order chi connectivity index (χ1) is 8.79. The van der Waals surface area contributed by atoms with Crippen molar-refractivity contribution in [2.75, 3.05) is 57.6 Å². The number of methoxy groups -OCH3 is 1. The van der Waals surface area contributed by atoms with E-state index < -0.39 is 0 Å². The lowest BCUT2D eigenvalue weighted by Gasteiger charge is -2.26. The monoisotopic (exact) mass is 251 g/mol. The van der Waals surface area contributed by atoms with E-state index in [1.54, 1.807) is 7.11 Å². The molecule has 0 radical (unpaired) electrons. The number of nitrogens with two attached hydrogens (primary N) is 1. The standard InChI is InChI=1S/C13H21N3O2/c1-17-13-10-11(2-3-12(13)14)15-4-5-16-6-8-18-9-7-16/h2-3,10,15H,4-9,14H2,1H3. The number of nitrogens with one attached hydrogen (secondary N) is 1. The summed E-state index contributed by atoms with van der Waals surface area (Å²) < 4.78 is 10.5. The summed E-state index contributed by atoms with van der Waals surface area (Å²) in [5, 5.41) is 3.38. The summed E-state index contributed by atoms with van der Waals surface area (Å²) >= 11 is 0. The molecule has 2 rings (SSSR count). The third kappa shape index (κ3) is 3.51. The molecule has 1 heterocycles. The Morgan fingerprint density at radius 1 is 1.39 bits per heavy atom. The number of nitrogens with zero attached hydrogens (tertiary/aromatic N) is 1. The van der Waals surface area contributed by atoms with Gasteiger partial charge >= 0.3 is 0 Å². The molecule has 100 valence electrons. The van der Waals surface area contributed by atoms with Crippen molar-refractivity contribution in [2.45, 2.75) is 0 Å². The van der Waals surface area contributed by atoms with Gasteiger partial charge in [-0.2, -0.15) is 0 Å². The van der Waals surface area contributed by atoms with Gasteiger partial charge in [0.05, 0.1) is 26.0 Å². The summed E-state index contributed by atoms with van der Waals surface area (Å²) in [6.45, 7) is 5.66. The molecule has 1 saturated heterocycles. The molecule has 0 atom stereocenters. The summed E-state index contributed by atoms with van der Waals surface area (Å²) in [7, 11) is 1.63. The van der Waals surface area contributed by atoms with Crippen LogP contribution in [0.2, 0.25) is 0 Å². The molecule has 0 bridgehead atoms. The molecule has 1 aromatic carbocycles. The van der Waals surface area contributed by atoms with Gasteiger partial charge in [0.1, 0.15) is 5.75 Å². The molecule has 18 heavy (non-hydrogen) atoms. The van der Waals surface area contributed by atoms with Crippen LogP contribution in [0.5, 0.6) is 5.75 Å². The Kier molecular flexibility index (Phi) is 4.66. The van der Waals surface area contributed by atoms with Gasteiger partial charge in [0.2, 0.25) is 0 Å². The highest BCUT2D eigenvalue weighted by Gasteiger charge is 2.09. The molecular weight excluding hydrogens is 230 g/mol. The molecular formula is C13H21N3O2. The van der Waals surface area contributed by atoms with Crippen molar-refractivity contribution in [3.8, 4) is 5.75 Å². The second-order valence-corrected chi connectivity index (χ2v) is 4.34. The first-order valence-electron chi connectivity index (χ1n) is 6.27. The van der Waals surface area contributed by atoms with Gasteiger partial charge in [-0.1, -0.05) is 0 Å². The maximum Gasteiger partial charge on any atom is 0.143 e. The van der Waals surface area contributed by atoms with E-state index in [0.717, 1.165) is 45.1 Å². The van der Waals surface area contributed by atoms with Gasteiger partial charge in [0.15, 0.2) is 0 Å². The Hall–Kier alpha value is -1.46. The number of rotatable bonds is 5. The molecule has 1 fully saturated rings. The van der Waals surface area contributed by atoms with Crippen LogP contribution in [0.1, 0.15) is 0 Å². The molecule has 1 aliphatic rings. The second kappa shape index (κ2) is 6.47. The minimum Gasteiger partial charge on any atom is -0.495 e. The average molecular weight is 251 g/mol. The van der Waals surface area contributed by atoms with Crippen molar-refractivity contribution in [1.29, 1.82) is 0 Å². The van der Waals surface area contributed by atoms with E-state index in [2.05, 4.69) is 10.2 Å². The highest BCUT2D eigenvalue weighted by Crippen LogP contribution is 2.24. The largest absolute Gasteiger partial charge is 0.495 e. The van der Waals surface area contributed by atoms with Gasteiger partial charge in [-0.05, 0) is 12.1 Å². The molecule has 0 saturated carbocycles. The van der Waals surface area contributed by atoms with Crippen LogP contribution in [0.4, 0.5) is 11.4 Å². The predicted octanol–water partition coefficient (Wildman–Crippen LogP) is 1.02. The third-order valence-corrected chi connectivity index (χ3v) is 3.09. The number of hydrogen-bond acceptors (Lipinski definition) is 5. The zero-order valence-corrected chi connectivity index (χ0v) is 10.8. The average Bonchev–Trinajstić information content (AvgIpc) is 2.42. The van der Waals surface area contributed by atoms with Crippen molar-refractivity contribution in [2.24, 2.45) is 0 Å². The molecule has 5 heteroatoms. The van der Waals surface area contributed by atoms with Crippen molar-refractivity contribution >= 4 is 11.4 Å². The normalized spacial score (nSPS) is 16.5. The molecule has 5 nitrogen and oxygen atoms in total. The highest BCUT2D eigenvalue weighted by atomic mass is 16.5. The predicted molar refractivity (Wildman–Crippen MR) is 73.2 cm³/mol. The van der Waals surface area contributed by atoms with E-state index >= 15 is 0 Å². The van der Waals surface area contributed by atoms with Crippen molar-refractivity contribution in [3.63, 3.8) is 0 Å². The Bertz CT molecular complexity index is 378. The van der Waals surface area contributed by atoms with Gasteiger partial charge in [0, 0.05) is 37.9 Å². The van der Waals surface area contributed by atoms with E-state index in [1.807, 2.05) is 18.2 Å². The van der Waals surface area contributed by atoms with Crippen LogP contribution in [0, 0.1) is 0 Å². The fourth-order valence-electron chi connectivity index (χ4n) is 2.00. The molecule has 0 spiro atoms. The van der Waals surface area contributed by atoms with Crippen molar-refractivity contribution in [3.05, 3.63) is 18.2 Å². The summed E-state index contributed by atoms with van der Waals surface area (Å²) in [4.78, 5) is 2.39. The summed E-state index contributed by atoms with van der Waals surface area (Å²) in [6, 6.07) is 5.75. The summed E-state index contributed by atoms with van der Waals surface area (Å²) in [6.07, 6.45) is 0. The number of ether oxygens (including phenoxy) is 2. The lowest BCUT2D eigenvalue weighted by Crippen LogP contribution is -2.38. The van der Waals surface area contributed by atoms with Crippen LogP contribution in [0.15, 0.2) is 18.2 Å². The van der Waals surface area contributed by atoms with Crippen LogP contribution in [0.25, 0.3) is 0 Å². The Labute approximate surface area is 108 Å². The molecule has 1 aliphatic heterocycles. The number of anilines is 2. The SMILES string of the molecule is COc1cc(NCCN2CCOCC2)ccc1N. The fraction of sp³-hybridized carbons (Fsp3) is 0.538. The molecule has 1 aromatic rings. The summed E-state index contributed by atoms with van der Waals surface area (Å²) in [5.41, 5.74) is 7.47. The smallest absolute Gasteiger partial charge is 0.143 e. The number of morpholine rings is 1. The quantitative estimate of drug-likeness (QED) is 0.765. The third-order valence-electron chi connectivity index (χ3n) is 3.09. The van der Waals surface area contributed by atoms with Gasteiger partial charge in [-0.25, -0.2) is 0 Å². The maximum atomic E-state index is 5.77. The Balaban J connectivity index is 1.79. The van der Waals surface area contributed by atoms with Crippen LogP contribution >= 0.6 is 0 Å². The minimum absolute atomic E-state index is 0.663. The van der Waals surface area contributed by atoms with E-state index in [-0.39, 0.29) is 0 Å². The van der Waals surface area contributed by atoms with Crippen LogP contribution in [-0.4, -0.2) is 51.4 Å². The molecule has 0 amide bonds. The number of benzene rings is 1. The number of hydrogen-bond donors (Lipinski definition) is 2. The summed E-state index contributed by atoms with van der Waals surface area (Å²) in [5.74, 6) is 0.714. The van der Waals surface area contributed by atoms with Gasteiger partial charge in [-0.3, -0.25) is 4.90 Å². The van der Waals surface area contributed by atoms with Gasteiger partial charge in [0.25, 0.3) is 0 Å². The van der Waals surface area contributed by atoms with E-state index in [9.17, 15) is 0 Å². The Morgan fingerprint density at radius 3 is 2.89 bits per heavy atom. The van der Waals surface area contributed by atoms with Crippen molar-refractivity contribution in [1.82, 2.24) is 4.90 Å². The van der Waals surface area contributed by atoms with E-state index in [1.165, 1.54) is 0 Å². The van der Waals surface area contributed by atoms with Crippen LogP contribution in [-0.2, 0) is 4.74 Å². The zero-order chi connectivity index (χ0) is 12.8. The van der Waals surface area contributed by atoms with E-state index in [0.29, 0.717) is 11.4 Å². The first kappa shape index (κ1) is 13.0. The van der Waals surface area contributed by atoms with Crippen LogP contribution in [0.3, 0.4) is 0 Å². The second-order valence-electron chi connectivity index (χ2n) is 4.34. The number of nitrogen functional groups attached to an aromatic ring is 1. The highest BCUT2D eigenvalue weighted by molar-refractivity contribution is 5.61. The van der Waals surface area contributed by atoms with Gasteiger partial charge in [-0.15, -0.1) is 0 Å².